The van der Waals surface area contributed by atoms with E-state index in [4.69, 9.17) is 16.0 Å². The molecule has 3 rings (SSSR count). The van der Waals surface area contributed by atoms with Crippen molar-refractivity contribution in [2.45, 2.75) is 12.8 Å². The largest absolute Gasteiger partial charge is 0.434 e. The summed E-state index contributed by atoms with van der Waals surface area (Å²) in [6.07, 6.45) is 3.79. The predicted octanol–water partition coefficient (Wildman–Crippen LogP) is 2.51. The molecule has 19 heavy (non-hydrogen) atoms. The second-order valence-corrected chi connectivity index (χ2v) is 4.79. The van der Waals surface area contributed by atoms with Gasteiger partial charge in [-0.25, -0.2) is 0 Å². The topological polar surface area (TPSA) is 74.2 Å². The fraction of sp³-hybridized carbons (Fsp3) is 0.333. The van der Waals surface area contributed by atoms with Crippen LogP contribution in [0.25, 0.3) is 0 Å². The van der Waals surface area contributed by atoms with E-state index < -0.39 is 0 Å². The summed E-state index contributed by atoms with van der Waals surface area (Å²) in [5, 5.41) is 9.51. The first-order valence-electron chi connectivity index (χ1n) is 6.09. The van der Waals surface area contributed by atoms with Crippen molar-refractivity contribution in [1.29, 1.82) is 0 Å². The average Bonchev–Trinajstić information content (AvgIpc) is 3.07. The summed E-state index contributed by atoms with van der Waals surface area (Å²) in [5.41, 5.74) is 0. The molecule has 1 aliphatic rings. The Labute approximate surface area is 114 Å². The van der Waals surface area contributed by atoms with Crippen LogP contribution in [-0.2, 0) is 0 Å². The lowest BCUT2D eigenvalue weighted by Gasteiger charge is -2.13. The van der Waals surface area contributed by atoms with Gasteiger partial charge < -0.3 is 14.6 Å². The van der Waals surface area contributed by atoms with Gasteiger partial charge in [0.1, 0.15) is 10.8 Å². The summed E-state index contributed by atoms with van der Waals surface area (Å²) >= 11 is 6.12. The van der Waals surface area contributed by atoms with Crippen LogP contribution in [0.3, 0.4) is 0 Å². The van der Waals surface area contributed by atoms with Crippen molar-refractivity contribution >= 4 is 29.2 Å². The maximum absolute atomic E-state index is 12.0. The Morgan fingerprint density at radius 3 is 2.95 bits per heavy atom. The molecule has 1 aliphatic heterocycles. The predicted molar refractivity (Wildman–Crippen MR) is 71.7 cm³/mol. The van der Waals surface area contributed by atoms with E-state index in [0.29, 0.717) is 16.7 Å². The highest BCUT2D eigenvalue weighted by molar-refractivity contribution is 6.33. The Balaban J connectivity index is 1.77. The van der Waals surface area contributed by atoms with Crippen LogP contribution in [0.15, 0.2) is 22.7 Å². The fourth-order valence-electron chi connectivity index (χ4n) is 2.12. The van der Waals surface area contributed by atoms with E-state index >= 15 is 0 Å². The minimum absolute atomic E-state index is 0.196. The van der Waals surface area contributed by atoms with Gasteiger partial charge in [0, 0.05) is 25.2 Å². The molecule has 0 spiro atoms. The van der Waals surface area contributed by atoms with E-state index in [1.807, 2.05) is 0 Å². The second-order valence-electron chi connectivity index (χ2n) is 4.38. The van der Waals surface area contributed by atoms with Gasteiger partial charge in [0.2, 0.25) is 5.88 Å². The van der Waals surface area contributed by atoms with E-state index in [1.54, 1.807) is 18.3 Å². The molecule has 0 radical (unpaired) electrons. The van der Waals surface area contributed by atoms with Crippen LogP contribution >= 0.6 is 11.6 Å². The quantitative estimate of drug-likeness (QED) is 0.906. The number of carbonyl (C=O) groups excluding carboxylic acids is 1. The smallest absolute Gasteiger partial charge is 0.292 e. The molecule has 3 heterocycles. The number of nitrogens with zero attached hydrogens (tertiary/aromatic N) is 2. The molecular weight excluding hydrogens is 268 g/mol. The molecule has 6 nitrogen and oxygen atoms in total. The monoisotopic (exact) mass is 280 g/mol. The maximum atomic E-state index is 12.0. The molecule has 1 amide bonds. The molecule has 7 heteroatoms. The van der Waals surface area contributed by atoms with Gasteiger partial charge in [-0.15, -0.1) is 0 Å². The summed E-state index contributed by atoms with van der Waals surface area (Å²) in [6.45, 7) is 1.82. The molecule has 2 N–H and O–H groups in total. The molecule has 2 aromatic heterocycles. The number of hydrogen-bond donors (Lipinski definition) is 2. The molecule has 0 aromatic carbocycles. The maximum Gasteiger partial charge on any atom is 0.292 e. The summed E-state index contributed by atoms with van der Waals surface area (Å²) in [7, 11) is 0. The van der Waals surface area contributed by atoms with Crippen LogP contribution in [0.2, 0.25) is 5.02 Å². The highest BCUT2D eigenvalue weighted by atomic mass is 35.5. The Morgan fingerprint density at radius 1 is 1.47 bits per heavy atom. The first-order chi connectivity index (χ1) is 9.24. The number of aromatic nitrogens is 2. The summed E-state index contributed by atoms with van der Waals surface area (Å²) < 4.78 is 5.56. The van der Waals surface area contributed by atoms with Crippen molar-refractivity contribution in [3.8, 4) is 0 Å². The zero-order chi connectivity index (χ0) is 13.2. The standard InChI is InChI=1S/C12H13ClN4O2/c13-8-7-9(11(18)15-10-3-4-14-16-10)19-12(8)17-5-1-2-6-17/h3-4,7H,1-2,5-6H2,(H2,14,15,16,18). The summed E-state index contributed by atoms with van der Waals surface area (Å²) in [4.78, 5) is 14.0. The van der Waals surface area contributed by atoms with Gasteiger partial charge in [-0.3, -0.25) is 9.89 Å². The van der Waals surface area contributed by atoms with Crippen molar-refractivity contribution in [1.82, 2.24) is 10.2 Å². The van der Waals surface area contributed by atoms with Crippen LogP contribution in [0, 0.1) is 0 Å². The number of carbonyl (C=O) groups is 1. The number of amides is 1. The third kappa shape index (κ3) is 2.44. The summed E-state index contributed by atoms with van der Waals surface area (Å²) in [5.74, 6) is 0.937. The number of nitrogens with one attached hydrogen (secondary N) is 2. The highest BCUT2D eigenvalue weighted by Gasteiger charge is 2.22. The number of H-pyrrole nitrogens is 1. The van der Waals surface area contributed by atoms with Gasteiger partial charge in [-0.1, -0.05) is 11.6 Å². The number of anilines is 2. The lowest BCUT2D eigenvalue weighted by atomic mass is 10.4. The molecule has 0 bridgehead atoms. The van der Waals surface area contributed by atoms with E-state index in [2.05, 4.69) is 20.4 Å². The molecule has 0 aliphatic carbocycles. The average molecular weight is 281 g/mol. The zero-order valence-corrected chi connectivity index (χ0v) is 10.9. The van der Waals surface area contributed by atoms with Gasteiger partial charge in [-0.2, -0.15) is 5.10 Å². The van der Waals surface area contributed by atoms with Crippen molar-refractivity contribution in [3.05, 3.63) is 29.1 Å². The van der Waals surface area contributed by atoms with E-state index in [1.165, 1.54) is 0 Å². The number of furan rings is 1. The molecule has 0 saturated carbocycles. The van der Waals surface area contributed by atoms with Crippen LogP contribution in [0.4, 0.5) is 11.7 Å². The Kier molecular flexibility index (Phi) is 3.16. The minimum Gasteiger partial charge on any atom is -0.434 e. The molecule has 0 unspecified atom stereocenters. The van der Waals surface area contributed by atoms with Crippen LogP contribution < -0.4 is 10.2 Å². The fourth-order valence-corrected chi connectivity index (χ4v) is 2.37. The van der Waals surface area contributed by atoms with Crippen LogP contribution in [0.1, 0.15) is 23.4 Å². The molecular formula is C12H13ClN4O2. The van der Waals surface area contributed by atoms with Gasteiger partial charge in [-0.05, 0) is 12.8 Å². The first kappa shape index (κ1) is 12.1. The molecule has 1 fully saturated rings. The van der Waals surface area contributed by atoms with Crippen molar-refractivity contribution in [2.75, 3.05) is 23.3 Å². The molecule has 1 saturated heterocycles. The number of halogens is 1. The summed E-state index contributed by atoms with van der Waals surface area (Å²) in [6, 6.07) is 3.20. The van der Waals surface area contributed by atoms with E-state index in [0.717, 1.165) is 25.9 Å². The van der Waals surface area contributed by atoms with Crippen LogP contribution in [0.5, 0.6) is 0 Å². The number of aromatic amines is 1. The second kappa shape index (κ2) is 4.97. The molecule has 2 aromatic rings. The Morgan fingerprint density at radius 2 is 2.26 bits per heavy atom. The van der Waals surface area contributed by atoms with Crippen LogP contribution in [-0.4, -0.2) is 29.2 Å². The Hall–Kier alpha value is -1.95. The lowest BCUT2D eigenvalue weighted by molar-refractivity contribution is 0.0997. The van der Waals surface area contributed by atoms with Gasteiger partial charge in [0.05, 0.1) is 6.20 Å². The number of hydrogen-bond acceptors (Lipinski definition) is 4. The minimum atomic E-state index is -0.350. The van der Waals surface area contributed by atoms with Gasteiger partial charge >= 0.3 is 0 Å². The van der Waals surface area contributed by atoms with E-state index in [-0.39, 0.29) is 11.7 Å². The zero-order valence-electron chi connectivity index (χ0n) is 10.1. The Bertz CT molecular complexity index is 573. The molecule has 0 atom stereocenters. The molecule has 100 valence electrons. The van der Waals surface area contributed by atoms with Gasteiger partial charge in [0.25, 0.3) is 5.91 Å². The normalized spacial score (nSPS) is 14.9. The SMILES string of the molecule is O=C(Nc1ccn[nH]1)c1cc(Cl)c(N2CCCC2)o1. The van der Waals surface area contributed by atoms with Crippen molar-refractivity contribution in [2.24, 2.45) is 0 Å². The van der Waals surface area contributed by atoms with E-state index in [9.17, 15) is 4.79 Å². The van der Waals surface area contributed by atoms with Crippen molar-refractivity contribution < 1.29 is 9.21 Å². The third-order valence-electron chi connectivity index (χ3n) is 3.03. The first-order valence-corrected chi connectivity index (χ1v) is 6.47. The van der Waals surface area contributed by atoms with Crippen molar-refractivity contribution in [3.63, 3.8) is 0 Å². The highest BCUT2D eigenvalue weighted by Crippen LogP contribution is 2.32. The van der Waals surface area contributed by atoms with Gasteiger partial charge in [0.15, 0.2) is 5.76 Å². The number of rotatable bonds is 3. The lowest BCUT2D eigenvalue weighted by Crippen LogP contribution is -2.17. The third-order valence-corrected chi connectivity index (χ3v) is 3.31.